The molecular weight excluding hydrogens is 296 g/mol. The standard InChI is InChI=1S/C15H18N6O2/c1-2-12-17-13-6-5-10(9-21(13)19-12)16-8-14-18-15(20-23-14)11-4-3-7-22-11/h3-4,7,10,16H,2,5-6,8-9H2,1H3. The molecule has 120 valence electrons. The van der Waals surface area contributed by atoms with Crippen LogP contribution in [0.3, 0.4) is 0 Å². The van der Waals surface area contributed by atoms with Gasteiger partial charge in [-0.25, -0.2) is 9.67 Å². The van der Waals surface area contributed by atoms with Crippen molar-refractivity contribution in [1.29, 1.82) is 0 Å². The molecule has 0 bridgehead atoms. The molecule has 23 heavy (non-hydrogen) atoms. The molecule has 1 aliphatic rings. The Morgan fingerprint density at radius 1 is 1.39 bits per heavy atom. The van der Waals surface area contributed by atoms with E-state index in [2.05, 4.69) is 32.5 Å². The molecule has 0 spiro atoms. The van der Waals surface area contributed by atoms with Crippen LogP contribution in [0.2, 0.25) is 0 Å². The second kappa shape index (κ2) is 5.96. The van der Waals surface area contributed by atoms with Gasteiger partial charge in [-0.2, -0.15) is 10.1 Å². The summed E-state index contributed by atoms with van der Waals surface area (Å²) in [5, 5.41) is 11.9. The van der Waals surface area contributed by atoms with Gasteiger partial charge >= 0.3 is 0 Å². The van der Waals surface area contributed by atoms with Gasteiger partial charge in [-0.3, -0.25) is 0 Å². The Morgan fingerprint density at radius 2 is 2.35 bits per heavy atom. The van der Waals surface area contributed by atoms with Gasteiger partial charge in [0.05, 0.1) is 19.4 Å². The predicted octanol–water partition coefficient (Wildman–Crippen LogP) is 1.59. The molecule has 4 heterocycles. The highest BCUT2D eigenvalue weighted by molar-refractivity contribution is 5.44. The number of nitrogens with zero attached hydrogens (tertiary/aromatic N) is 5. The summed E-state index contributed by atoms with van der Waals surface area (Å²) in [4.78, 5) is 8.86. The fourth-order valence-electron chi connectivity index (χ4n) is 2.74. The van der Waals surface area contributed by atoms with Gasteiger partial charge in [-0.1, -0.05) is 12.1 Å². The van der Waals surface area contributed by atoms with Gasteiger partial charge in [-0.05, 0) is 18.6 Å². The van der Waals surface area contributed by atoms with Crippen LogP contribution < -0.4 is 5.32 Å². The van der Waals surface area contributed by atoms with Gasteiger partial charge in [0.15, 0.2) is 11.6 Å². The highest BCUT2D eigenvalue weighted by Gasteiger charge is 2.21. The molecule has 1 atom stereocenters. The Bertz CT molecular complexity index is 776. The zero-order valence-electron chi connectivity index (χ0n) is 12.9. The largest absolute Gasteiger partial charge is 0.461 e. The van der Waals surface area contributed by atoms with Crippen LogP contribution in [0.25, 0.3) is 11.6 Å². The third-order valence-electron chi connectivity index (χ3n) is 3.97. The first kappa shape index (κ1) is 14.1. The smallest absolute Gasteiger partial charge is 0.241 e. The molecular formula is C15H18N6O2. The fraction of sp³-hybridized carbons (Fsp3) is 0.467. The predicted molar refractivity (Wildman–Crippen MR) is 80.3 cm³/mol. The minimum Gasteiger partial charge on any atom is -0.461 e. The SMILES string of the molecule is CCc1nc2n(n1)CC(NCc1nc(-c3ccco3)no1)CC2. The summed E-state index contributed by atoms with van der Waals surface area (Å²) >= 11 is 0. The highest BCUT2D eigenvalue weighted by Crippen LogP contribution is 2.17. The van der Waals surface area contributed by atoms with Crippen molar-refractivity contribution in [3.63, 3.8) is 0 Å². The Hall–Kier alpha value is -2.48. The lowest BCUT2D eigenvalue weighted by Gasteiger charge is -2.22. The third kappa shape index (κ3) is 2.89. The van der Waals surface area contributed by atoms with Gasteiger partial charge in [0.1, 0.15) is 5.82 Å². The summed E-state index contributed by atoms with van der Waals surface area (Å²) in [5.41, 5.74) is 0. The first-order valence-corrected chi connectivity index (χ1v) is 7.84. The van der Waals surface area contributed by atoms with Crippen molar-refractivity contribution in [2.24, 2.45) is 0 Å². The van der Waals surface area contributed by atoms with Crippen molar-refractivity contribution in [3.8, 4) is 11.6 Å². The van der Waals surface area contributed by atoms with Gasteiger partial charge in [0, 0.05) is 18.9 Å². The molecule has 0 saturated carbocycles. The second-order valence-electron chi connectivity index (χ2n) is 5.59. The van der Waals surface area contributed by atoms with Gasteiger partial charge < -0.3 is 14.3 Å². The van der Waals surface area contributed by atoms with E-state index >= 15 is 0 Å². The van der Waals surface area contributed by atoms with E-state index in [1.54, 1.807) is 18.4 Å². The monoisotopic (exact) mass is 314 g/mol. The minimum absolute atomic E-state index is 0.327. The lowest BCUT2D eigenvalue weighted by molar-refractivity contribution is 0.320. The van der Waals surface area contributed by atoms with Crippen molar-refractivity contribution in [2.45, 2.75) is 45.3 Å². The van der Waals surface area contributed by atoms with E-state index in [0.717, 1.165) is 37.5 Å². The average molecular weight is 314 g/mol. The maximum absolute atomic E-state index is 5.26. The number of aromatic nitrogens is 5. The molecule has 4 rings (SSSR count). The second-order valence-corrected chi connectivity index (χ2v) is 5.59. The number of nitrogens with one attached hydrogen (secondary N) is 1. The van der Waals surface area contributed by atoms with Crippen LogP contribution in [0.5, 0.6) is 0 Å². The van der Waals surface area contributed by atoms with Crippen molar-refractivity contribution in [3.05, 3.63) is 35.9 Å². The molecule has 0 aromatic carbocycles. The van der Waals surface area contributed by atoms with Crippen molar-refractivity contribution in [1.82, 2.24) is 30.2 Å². The van der Waals surface area contributed by atoms with Gasteiger partial charge in [0.25, 0.3) is 0 Å². The van der Waals surface area contributed by atoms with Crippen LogP contribution in [-0.2, 0) is 25.9 Å². The van der Waals surface area contributed by atoms with Crippen LogP contribution in [0.15, 0.2) is 27.3 Å². The molecule has 8 heteroatoms. The minimum atomic E-state index is 0.327. The fourth-order valence-corrected chi connectivity index (χ4v) is 2.74. The normalized spacial score (nSPS) is 17.3. The molecule has 1 N–H and O–H groups in total. The van der Waals surface area contributed by atoms with Crippen LogP contribution in [0.1, 0.15) is 30.9 Å². The number of fused-ring (bicyclic) bond motifs is 1. The van der Waals surface area contributed by atoms with E-state index in [-0.39, 0.29) is 0 Å². The van der Waals surface area contributed by atoms with E-state index < -0.39 is 0 Å². The average Bonchev–Trinajstić information content (AvgIpc) is 3.30. The third-order valence-corrected chi connectivity index (χ3v) is 3.97. The molecule has 8 nitrogen and oxygen atoms in total. The Labute approximate surface area is 132 Å². The quantitative estimate of drug-likeness (QED) is 0.764. The first-order chi connectivity index (χ1) is 11.3. The number of hydrogen-bond acceptors (Lipinski definition) is 7. The van der Waals surface area contributed by atoms with Gasteiger partial charge in [0.2, 0.25) is 11.7 Å². The highest BCUT2D eigenvalue weighted by atomic mass is 16.5. The number of hydrogen-bond donors (Lipinski definition) is 1. The Kier molecular flexibility index (Phi) is 3.66. The molecule has 3 aromatic heterocycles. The molecule has 0 saturated heterocycles. The van der Waals surface area contributed by atoms with Crippen LogP contribution in [0, 0.1) is 0 Å². The molecule has 1 unspecified atom stereocenters. The van der Waals surface area contributed by atoms with E-state index in [4.69, 9.17) is 8.94 Å². The molecule has 0 fully saturated rings. The Balaban J connectivity index is 1.36. The number of rotatable bonds is 5. The lowest BCUT2D eigenvalue weighted by Crippen LogP contribution is -2.37. The summed E-state index contributed by atoms with van der Waals surface area (Å²) < 4.78 is 12.5. The van der Waals surface area contributed by atoms with E-state index in [9.17, 15) is 0 Å². The first-order valence-electron chi connectivity index (χ1n) is 7.84. The molecule has 0 amide bonds. The zero-order valence-corrected chi connectivity index (χ0v) is 12.9. The van der Waals surface area contributed by atoms with Crippen molar-refractivity contribution >= 4 is 0 Å². The van der Waals surface area contributed by atoms with E-state index in [1.165, 1.54) is 0 Å². The molecule has 0 aliphatic carbocycles. The van der Waals surface area contributed by atoms with E-state index in [1.807, 2.05) is 4.68 Å². The van der Waals surface area contributed by atoms with Crippen LogP contribution in [-0.4, -0.2) is 30.9 Å². The topological polar surface area (TPSA) is 94.8 Å². The molecule has 3 aromatic rings. The van der Waals surface area contributed by atoms with Crippen molar-refractivity contribution < 1.29 is 8.94 Å². The summed E-state index contributed by atoms with van der Waals surface area (Å²) in [6.07, 6.45) is 4.43. The maximum atomic E-state index is 5.26. The van der Waals surface area contributed by atoms with Crippen molar-refractivity contribution in [2.75, 3.05) is 0 Å². The summed E-state index contributed by atoms with van der Waals surface area (Å²) in [6.45, 7) is 3.42. The summed E-state index contributed by atoms with van der Waals surface area (Å²) in [6, 6.07) is 3.93. The molecule has 0 radical (unpaired) electrons. The lowest BCUT2D eigenvalue weighted by atomic mass is 10.1. The Morgan fingerprint density at radius 3 is 3.17 bits per heavy atom. The van der Waals surface area contributed by atoms with Crippen LogP contribution >= 0.6 is 0 Å². The number of aryl methyl sites for hydroxylation is 2. The maximum Gasteiger partial charge on any atom is 0.241 e. The van der Waals surface area contributed by atoms with Crippen LogP contribution in [0.4, 0.5) is 0 Å². The van der Waals surface area contributed by atoms with E-state index in [0.29, 0.717) is 30.1 Å². The number of furan rings is 1. The summed E-state index contributed by atoms with van der Waals surface area (Å²) in [7, 11) is 0. The molecule has 1 aliphatic heterocycles. The zero-order chi connectivity index (χ0) is 15.6. The van der Waals surface area contributed by atoms with Gasteiger partial charge in [-0.15, -0.1) is 0 Å². The summed E-state index contributed by atoms with van der Waals surface area (Å²) in [5.74, 6) is 3.63.